The fourth-order valence-electron chi connectivity index (χ4n) is 1.87. The fraction of sp³-hybridized carbons (Fsp3) is 0.385. The van der Waals surface area contributed by atoms with Crippen LogP contribution >= 0.6 is 11.3 Å². The summed E-state index contributed by atoms with van der Waals surface area (Å²) in [5.41, 5.74) is -0.0918. The van der Waals surface area contributed by atoms with Gasteiger partial charge in [-0.05, 0) is 37.8 Å². The van der Waals surface area contributed by atoms with Gasteiger partial charge in [0.15, 0.2) is 0 Å². The standard InChI is InChI=1S/C13H16N2O4S2/c1-13(2,5-3-12(16)17)15-21(18,19)9-7-11-10(14-8-9)4-6-20-11/h4,6-8,15H,3,5H2,1-2H3,(H,16,17). The van der Waals surface area contributed by atoms with E-state index in [0.29, 0.717) is 0 Å². The van der Waals surface area contributed by atoms with Crippen LogP contribution in [-0.2, 0) is 14.8 Å². The number of sulfonamides is 1. The Morgan fingerprint density at radius 2 is 2.19 bits per heavy atom. The van der Waals surface area contributed by atoms with Crippen molar-refractivity contribution in [3.8, 4) is 0 Å². The topological polar surface area (TPSA) is 96.4 Å². The molecule has 21 heavy (non-hydrogen) atoms. The summed E-state index contributed by atoms with van der Waals surface area (Å²) >= 11 is 1.42. The predicted octanol–water partition coefficient (Wildman–Crippen LogP) is 2.22. The predicted molar refractivity (Wildman–Crippen MR) is 80.9 cm³/mol. The number of aliphatic carboxylic acids is 1. The molecule has 0 unspecified atom stereocenters. The van der Waals surface area contributed by atoms with Crippen LogP contribution < -0.4 is 4.72 Å². The molecule has 0 saturated carbocycles. The zero-order valence-electron chi connectivity index (χ0n) is 11.7. The Morgan fingerprint density at radius 1 is 1.48 bits per heavy atom. The van der Waals surface area contributed by atoms with Crippen molar-refractivity contribution in [1.29, 1.82) is 0 Å². The molecule has 0 aliphatic carbocycles. The molecule has 2 heterocycles. The number of pyridine rings is 1. The maximum absolute atomic E-state index is 12.4. The minimum absolute atomic E-state index is 0.0841. The molecular formula is C13H16N2O4S2. The summed E-state index contributed by atoms with van der Waals surface area (Å²) in [5.74, 6) is -0.955. The van der Waals surface area contributed by atoms with Gasteiger partial charge in [-0.15, -0.1) is 11.3 Å². The molecule has 0 amide bonds. The molecular weight excluding hydrogens is 312 g/mol. The SMILES string of the molecule is CC(C)(CCC(=O)O)NS(=O)(=O)c1cnc2ccsc2c1. The molecule has 6 nitrogen and oxygen atoms in total. The summed E-state index contributed by atoms with van der Waals surface area (Å²) in [6.07, 6.45) is 1.42. The largest absolute Gasteiger partial charge is 0.481 e. The Kier molecular flexibility index (Phi) is 4.31. The van der Waals surface area contributed by atoms with Gasteiger partial charge in [-0.1, -0.05) is 0 Å². The second-order valence-corrected chi connectivity index (χ2v) is 7.99. The van der Waals surface area contributed by atoms with Crippen LogP contribution in [0.25, 0.3) is 10.2 Å². The maximum Gasteiger partial charge on any atom is 0.303 e. The van der Waals surface area contributed by atoms with E-state index in [0.717, 1.165) is 10.2 Å². The minimum atomic E-state index is -3.73. The van der Waals surface area contributed by atoms with Crippen molar-refractivity contribution in [3.63, 3.8) is 0 Å². The number of carboxylic acid groups (broad SMARTS) is 1. The lowest BCUT2D eigenvalue weighted by Crippen LogP contribution is -2.43. The summed E-state index contributed by atoms with van der Waals surface area (Å²) in [5, 5.41) is 10.5. The lowest BCUT2D eigenvalue weighted by molar-refractivity contribution is -0.137. The smallest absolute Gasteiger partial charge is 0.303 e. The Bertz CT molecular complexity index is 765. The van der Waals surface area contributed by atoms with Crippen molar-refractivity contribution >= 4 is 37.5 Å². The van der Waals surface area contributed by atoms with Crippen molar-refractivity contribution in [1.82, 2.24) is 9.71 Å². The third kappa shape index (κ3) is 3.99. The van der Waals surface area contributed by atoms with Gasteiger partial charge in [-0.3, -0.25) is 9.78 Å². The molecule has 0 spiro atoms. The number of hydrogen-bond acceptors (Lipinski definition) is 5. The van der Waals surface area contributed by atoms with Gasteiger partial charge in [0.2, 0.25) is 10.0 Å². The Hall–Kier alpha value is -1.51. The van der Waals surface area contributed by atoms with Crippen molar-refractivity contribution in [2.45, 2.75) is 37.1 Å². The molecule has 0 aromatic carbocycles. The number of fused-ring (bicyclic) bond motifs is 1. The molecule has 8 heteroatoms. The maximum atomic E-state index is 12.4. The lowest BCUT2D eigenvalue weighted by atomic mass is 10.0. The molecule has 0 aliphatic rings. The van der Waals surface area contributed by atoms with Gasteiger partial charge in [-0.2, -0.15) is 0 Å². The zero-order chi connectivity index (χ0) is 15.7. The molecule has 2 rings (SSSR count). The number of nitrogens with one attached hydrogen (secondary N) is 1. The first-order chi connectivity index (χ1) is 9.70. The van der Waals surface area contributed by atoms with E-state index in [1.807, 2.05) is 11.4 Å². The van der Waals surface area contributed by atoms with Crippen LogP contribution in [-0.4, -0.2) is 30.0 Å². The molecule has 0 aliphatic heterocycles. The zero-order valence-corrected chi connectivity index (χ0v) is 13.3. The molecule has 0 fully saturated rings. The second-order valence-electron chi connectivity index (χ2n) is 5.36. The van der Waals surface area contributed by atoms with Crippen LogP contribution in [0.5, 0.6) is 0 Å². The summed E-state index contributed by atoms with van der Waals surface area (Å²) in [7, 11) is -3.73. The normalized spacial score (nSPS) is 12.7. The van der Waals surface area contributed by atoms with Gasteiger partial charge in [0.05, 0.1) is 10.2 Å². The van der Waals surface area contributed by atoms with Crippen LogP contribution in [0.1, 0.15) is 26.7 Å². The van der Waals surface area contributed by atoms with E-state index in [-0.39, 0.29) is 17.7 Å². The van der Waals surface area contributed by atoms with Gasteiger partial charge in [-0.25, -0.2) is 13.1 Å². The van der Waals surface area contributed by atoms with Crippen LogP contribution in [0, 0.1) is 0 Å². The van der Waals surface area contributed by atoms with Crippen molar-refractivity contribution < 1.29 is 18.3 Å². The number of nitrogens with zero attached hydrogens (tertiary/aromatic N) is 1. The Balaban J connectivity index is 2.22. The molecule has 2 N–H and O–H groups in total. The van der Waals surface area contributed by atoms with E-state index < -0.39 is 21.5 Å². The van der Waals surface area contributed by atoms with E-state index in [4.69, 9.17) is 5.11 Å². The summed E-state index contributed by atoms with van der Waals surface area (Å²) in [6.45, 7) is 3.31. The first kappa shape index (κ1) is 15.9. The fourth-order valence-corrected chi connectivity index (χ4v) is 4.14. The first-order valence-electron chi connectivity index (χ1n) is 6.29. The summed E-state index contributed by atoms with van der Waals surface area (Å²) in [6, 6.07) is 3.39. The van der Waals surface area contributed by atoms with E-state index in [2.05, 4.69) is 9.71 Å². The van der Waals surface area contributed by atoms with Crippen LogP contribution in [0.3, 0.4) is 0 Å². The van der Waals surface area contributed by atoms with Gasteiger partial charge < -0.3 is 5.11 Å². The van der Waals surface area contributed by atoms with Crippen LogP contribution in [0.4, 0.5) is 0 Å². The highest BCUT2D eigenvalue weighted by atomic mass is 32.2. The average Bonchev–Trinajstić information content (AvgIpc) is 2.82. The Labute approximate surface area is 126 Å². The van der Waals surface area contributed by atoms with E-state index >= 15 is 0 Å². The number of hydrogen-bond donors (Lipinski definition) is 2. The highest BCUT2D eigenvalue weighted by Crippen LogP contribution is 2.23. The van der Waals surface area contributed by atoms with Crippen molar-refractivity contribution in [3.05, 3.63) is 23.7 Å². The number of carbonyl (C=O) groups is 1. The number of thiophene rings is 1. The lowest BCUT2D eigenvalue weighted by Gasteiger charge is -2.25. The van der Waals surface area contributed by atoms with E-state index in [1.54, 1.807) is 19.9 Å². The molecule has 0 bridgehead atoms. The number of carboxylic acids is 1. The second kappa shape index (κ2) is 5.70. The molecule has 0 radical (unpaired) electrons. The molecule has 2 aromatic rings. The van der Waals surface area contributed by atoms with Crippen LogP contribution in [0.2, 0.25) is 0 Å². The van der Waals surface area contributed by atoms with Crippen molar-refractivity contribution in [2.24, 2.45) is 0 Å². The quantitative estimate of drug-likeness (QED) is 0.847. The summed E-state index contributed by atoms with van der Waals surface area (Å²) in [4.78, 5) is 14.8. The Morgan fingerprint density at radius 3 is 2.86 bits per heavy atom. The van der Waals surface area contributed by atoms with Gasteiger partial charge in [0.1, 0.15) is 4.90 Å². The third-order valence-electron chi connectivity index (χ3n) is 2.96. The van der Waals surface area contributed by atoms with E-state index in [9.17, 15) is 13.2 Å². The molecule has 114 valence electrons. The molecule has 0 atom stereocenters. The van der Waals surface area contributed by atoms with Gasteiger partial charge in [0, 0.05) is 18.2 Å². The monoisotopic (exact) mass is 328 g/mol. The first-order valence-corrected chi connectivity index (χ1v) is 8.65. The number of rotatable bonds is 6. The third-order valence-corrected chi connectivity index (χ3v) is 5.48. The molecule has 2 aromatic heterocycles. The van der Waals surface area contributed by atoms with Gasteiger partial charge >= 0.3 is 5.97 Å². The van der Waals surface area contributed by atoms with Crippen LogP contribution in [0.15, 0.2) is 28.6 Å². The molecule has 0 saturated heterocycles. The minimum Gasteiger partial charge on any atom is -0.481 e. The van der Waals surface area contributed by atoms with E-state index in [1.165, 1.54) is 17.5 Å². The average molecular weight is 328 g/mol. The van der Waals surface area contributed by atoms with Crippen molar-refractivity contribution in [2.75, 3.05) is 0 Å². The summed E-state index contributed by atoms with van der Waals surface area (Å²) < 4.78 is 28.1. The number of aromatic nitrogens is 1. The highest BCUT2D eigenvalue weighted by Gasteiger charge is 2.27. The highest BCUT2D eigenvalue weighted by molar-refractivity contribution is 7.89. The van der Waals surface area contributed by atoms with Gasteiger partial charge in [0.25, 0.3) is 0 Å².